The van der Waals surface area contributed by atoms with Crippen LogP contribution in [-0.2, 0) is 14.3 Å². The lowest BCUT2D eigenvalue weighted by atomic mass is 10.2. The molecule has 0 spiro atoms. The van der Waals surface area contributed by atoms with Crippen molar-refractivity contribution in [1.82, 2.24) is 5.32 Å². The first-order valence-corrected chi connectivity index (χ1v) is 8.97. The fourth-order valence-corrected chi connectivity index (χ4v) is 3.83. The molecule has 2 aromatic rings. The van der Waals surface area contributed by atoms with Crippen LogP contribution in [-0.4, -0.2) is 32.1 Å². The van der Waals surface area contributed by atoms with Gasteiger partial charge in [0.15, 0.2) is 0 Å². The maximum absolute atomic E-state index is 12.1. The largest absolute Gasteiger partial charge is 0.469 e. The van der Waals surface area contributed by atoms with Gasteiger partial charge in [-0.05, 0) is 24.3 Å². The molecule has 130 valence electrons. The normalized spacial score (nSPS) is 12.1. The van der Waals surface area contributed by atoms with E-state index < -0.39 is 0 Å². The van der Waals surface area contributed by atoms with Crippen LogP contribution < -0.4 is 10.2 Å². The van der Waals surface area contributed by atoms with Crippen LogP contribution in [0.1, 0.15) is 12.8 Å². The summed E-state index contributed by atoms with van der Waals surface area (Å²) >= 11 is 1.75. The minimum Gasteiger partial charge on any atom is -0.469 e. The van der Waals surface area contributed by atoms with Gasteiger partial charge in [0.2, 0.25) is 5.91 Å². The molecule has 0 radical (unpaired) electrons. The Labute approximate surface area is 151 Å². The Morgan fingerprint density at radius 3 is 2.20 bits per heavy atom. The fourth-order valence-electron chi connectivity index (χ4n) is 2.73. The van der Waals surface area contributed by atoms with Gasteiger partial charge in [0.25, 0.3) is 0 Å². The molecule has 6 heteroatoms. The second kappa shape index (κ2) is 8.07. The van der Waals surface area contributed by atoms with Gasteiger partial charge in [-0.1, -0.05) is 36.0 Å². The van der Waals surface area contributed by atoms with Crippen molar-refractivity contribution in [2.24, 2.45) is 0 Å². The fraction of sp³-hybridized carbons (Fsp3) is 0.263. The summed E-state index contributed by atoms with van der Waals surface area (Å²) in [5.74, 6) is -0.395. The molecule has 1 heterocycles. The van der Waals surface area contributed by atoms with Crippen molar-refractivity contribution in [2.75, 3.05) is 25.1 Å². The molecule has 1 N–H and O–H groups in total. The minimum atomic E-state index is -0.323. The Hall–Kier alpha value is -2.47. The quantitative estimate of drug-likeness (QED) is 0.805. The summed E-state index contributed by atoms with van der Waals surface area (Å²) in [6.07, 6.45) is 0.544. The van der Waals surface area contributed by atoms with E-state index in [-0.39, 0.29) is 18.3 Å². The smallest absolute Gasteiger partial charge is 0.307 e. The van der Waals surface area contributed by atoms with E-state index >= 15 is 0 Å². The van der Waals surface area contributed by atoms with E-state index in [9.17, 15) is 9.59 Å². The summed E-state index contributed by atoms with van der Waals surface area (Å²) in [5.41, 5.74) is 2.24. The molecule has 1 aliphatic rings. The summed E-state index contributed by atoms with van der Waals surface area (Å²) < 4.78 is 4.56. The molecule has 0 atom stereocenters. The Balaban J connectivity index is 1.66. The zero-order valence-corrected chi connectivity index (χ0v) is 14.8. The van der Waals surface area contributed by atoms with E-state index in [1.165, 1.54) is 16.9 Å². The number of anilines is 2. The van der Waals surface area contributed by atoms with Crippen LogP contribution in [0.3, 0.4) is 0 Å². The third-order valence-electron chi connectivity index (χ3n) is 3.97. The molecule has 3 rings (SSSR count). The minimum absolute atomic E-state index is 0.0721. The number of nitrogens with zero attached hydrogens (tertiary/aromatic N) is 1. The third-order valence-corrected chi connectivity index (χ3v) is 5.10. The van der Waals surface area contributed by atoms with Crippen LogP contribution in [0.5, 0.6) is 0 Å². The highest BCUT2D eigenvalue weighted by Crippen LogP contribution is 2.47. The highest BCUT2D eigenvalue weighted by atomic mass is 32.2. The summed E-state index contributed by atoms with van der Waals surface area (Å²) in [5, 5.41) is 2.76. The van der Waals surface area contributed by atoms with Crippen molar-refractivity contribution in [2.45, 2.75) is 22.6 Å². The monoisotopic (exact) mass is 356 g/mol. The number of methoxy groups -OCH3 is 1. The third kappa shape index (κ3) is 4.14. The Morgan fingerprint density at radius 1 is 1.00 bits per heavy atom. The van der Waals surface area contributed by atoms with Gasteiger partial charge in [0.05, 0.1) is 24.9 Å². The van der Waals surface area contributed by atoms with E-state index in [1.54, 1.807) is 11.8 Å². The molecule has 0 saturated carbocycles. The number of amides is 1. The molecule has 1 aliphatic heterocycles. The Bertz CT molecular complexity index is 733. The van der Waals surface area contributed by atoms with Gasteiger partial charge in [0.1, 0.15) is 0 Å². The van der Waals surface area contributed by atoms with Crippen LogP contribution >= 0.6 is 11.8 Å². The van der Waals surface area contributed by atoms with Crippen molar-refractivity contribution >= 4 is 35.0 Å². The van der Waals surface area contributed by atoms with Crippen LogP contribution in [0.2, 0.25) is 0 Å². The second-order valence-electron chi connectivity index (χ2n) is 5.62. The van der Waals surface area contributed by atoms with Crippen LogP contribution in [0.15, 0.2) is 58.3 Å². The van der Waals surface area contributed by atoms with E-state index in [1.807, 2.05) is 24.3 Å². The van der Waals surface area contributed by atoms with Crippen molar-refractivity contribution in [1.29, 1.82) is 0 Å². The van der Waals surface area contributed by atoms with E-state index in [0.717, 1.165) is 11.4 Å². The number of esters is 1. The van der Waals surface area contributed by atoms with Gasteiger partial charge in [-0.2, -0.15) is 0 Å². The Morgan fingerprint density at radius 2 is 1.60 bits per heavy atom. The first-order valence-electron chi connectivity index (χ1n) is 8.16. The Kier molecular flexibility index (Phi) is 5.60. The average Bonchev–Trinajstić information content (AvgIpc) is 2.64. The number of fused-ring (bicyclic) bond motifs is 2. The molecule has 0 unspecified atom stereocenters. The summed E-state index contributed by atoms with van der Waals surface area (Å²) in [7, 11) is 1.34. The molecule has 25 heavy (non-hydrogen) atoms. The van der Waals surface area contributed by atoms with Crippen molar-refractivity contribution in [3.8, 4) is 0 Å². The number of rotatable bonds is 6. The van der Waals surface area contributed by atoms with Crippen LogP contribution in [0.4, 0.5) is 11.4 Å². The van der Waals surface area contributed by atoms with Gasteiger partial charge in [0, 0.05) is 29.3 Å². The molecular weight excluding hydrogens is 336 g/mol. The van der Waals surface area contributed by atoms with E-state index in [2.05, 4.69) is 39.2 Å². The molecule has 1 amide bonds. The lowest BCUT2D eigenvalue weighted by molar-refractivity contribution is -0.140. The lowest BCUT2D eigenvalue weighted by Crippen LogP contribution is -2.31. The maximum atomic E-state index is 12.1. The molecule has 0 aliphatic carbocycles. The van der Waals surface area contributed by atoms with Gasteiger partial charge in [-0.15, -0.1) is 0 Å². The molecule has 0 bridgehead atoms. The van der Waals surface area contributed by atoms with E-state index in [0.29, 0.717) is 19.5 Å². The number of hydrogen-bond acceptors (Lipinski definition) is 5. The number of nitrogens with one attached hydrogen (secondary N) is 1. The zero-order chi connectivity index (χ0) is 17.6. The number of carbonyl (C=O) groups is 2. The standard InChI is InChI=1S/C19H20N2O3S/c1-24-19(23)10-12-20-18(22)11-13-21-14-6-2-4-8-16(14)25-17-9-5-3-7-15(17)21/h2-9H,10-13H2,1H3,(H,20,22). The van der Waals surface area contributed by atoms with Gasteiger partial charge in [-0.3, -0.25) is 9.59 Å². The average molecular weight is 356 g/mol. The van der Waals surface area contributed by atoms with Crippen molar-refractivity contribution in [3.63, 3.8) is 0 Å². The molecule has 0 saturated heterocycles. The number of ether oxygens (including phenoxy) is 1. The van der Waals surface area contributed by atoms with Gasteiger partial charge >= 0.3 is 5.97 Å². The van der Waals surface area contributed by atoms with Gasteiger partial charge in [-0.25, -0.2) is 0 Å². The molecule has 0 fully saturated rings. The summed E-state index contributed by atoms with van der Waals surface area (Å²) in [6.45, 7) is 0.882. The van der Waals surface area contributed by atoms with Crippen molar-refractivity contribution in [3.05, 3.63) is 48.5 Å². The number of carbonyl (C=O) groups excluding carboxylic acids is 2. The first kappa shape index (κ1) is 17.4. The topological polar surface area (TPSA) is 58.6 Å². The number of para-hydroxylation sites is 2. The molecule has 0 aromatic heterocycles. The highest BCUT2D eigenvalue weighted by molar-refractivity contribution is 7.99. The molecular formula is C19H20N2O3S. The predicted molar refractivity (Wildman–Crippen MR) is 98.3 cm³/mol. The van der Waals surface area contributed by atoms with Gasteiger partial charge < -0.3 is 15.0 Å². The molecule has 5 nitrogen and oxygen atoms in total. The van der Waals surface area contributed by atoms with Crippen molar-refractivity contribution < 1.29 is 14.3 Å². The number of hydrogen-bond donors (Lipinski definition) is 1. The summed E-state index contributed by atoms with van der Waals surface area (Å²) in [6, 6.07) is 16.4. The summed E-state index contributed by atoms with van der Waals surface area (Å²) in [4.78, 5) is 27.7. The van der Waals surface area contributed by atoms with Crippen LogP contribution in [0, 0.1) is 0 Å². The highest BCUT2D eigenvalue weighted by Gasteiger charge is 2.23. The van der Waals surface area contributed by atoms with E-state index in [4.69, 9.17) is 0 Å². The van der Waals surface area contributed by atoms with Crippen LogP contribution in [0.25, 0.3) is 0 Å². The zero-order valence-electron chi connectivity index (χ0n) is 14.0. The SMILES string of the molecule is COC(=O)CCNC(=O)CCN1c2ccccc2Sc2ccccc21. The number of benzene rings is 2. The predicted octanol–water partition coefficient (Wildman–Crippen LogP) is 3.36. The maximum Gasteiger partial charge on any atom is 0.307 e. The lowest BCUT2D eigenvalue weighted by Gasteiger charge is -2.32. The second-order valence-corrected chi connectivity index (χ2v) is 6.70. The molecule has 2 aromatic carbocycles. The first-order chi connectivity index (χ1) is 12.2.